The van der Waals surface area contributed by atoms with E-state index in [1.807, 2.05) is 0 Å². The third-order valence-corrected chi connectivity index (χ3v) is 2.47. The van der Waals surface area contributed by atoms with Gasteiger partial charge in [0.15, 0.2) is 6.33 Å². The average Bonchev–Trinajstić information content (AvgIpc) is 2.92. The second-order valence-electron chi connectivity index (χ2n) is 4.14. The molecule has 1 amide bonds. The second kappa shape index (κ2) is 5.94. The molecule has 0 saturated carbocycles. The predicted octanol–water partition coefficient (Wildman–Crippen LogP) is 0.821. The van der Waals surface area contributed by atoms with Crippen molar-refractivity contribution in [1.29, 1.82) is 0 Å². The molecule has 0 aromatic carbocycles. The zero-order chi connectivity index (χ0) is 13.7. The van der Waals surface area contributed by atoms with E-state index in [0.717, 1.165) is 0 Å². The van der Waals surface area contributed by atoms with Crippen molar-refractivity contribution in [2.45, 2.75) is 6.42 Å². The molecule has 0 aliphatic heterocycles. The molecular formula is C12H15N5O2. The lowest BCUT2D eigenvalue weighted by atomic mass is 10.2. The van der Waals surface area contributed by atoms with Crippen molar-refractivity contribution >= 4 is 11.7 Å². The highest BCUT2D eigenvalue weighted by atomic mass is 16.5. The van der Waals surface area contributed by atoms with E-state index < -0.39 is 0 Å². The Labute approximate surface area is 110 Å². The number of pyridine rings is 1. The molecule has 19 heavy (non-hydrogen) atoms. The fraction of sp³-hybridized carbons (Fsp3) is 0.333. The normalized spacial score (nSPS) is 10.2. The van der Waals surface area contributed by atoms with Gasteiger partial charge in [0.25, 0.3) is 5.91 Å². The van der Waals surface area contributed by atoms with Crippen LogP contribution in [0.4, 0.5) is 5.82 Å². The molecule has 0 radical (unpaired) electrons. The van der Waals surface area contributed by atoms with Crippen LogP contribution in [-0.4, -0.2) is 46.6 Å². The third kappa shape index (κ3) is 3.51. The van der Waals surface area contributed by atoms with Crippen molar-refractivity contribution in [1.82, 2.24) is 20.0 Å². The SMILES string of the molecule is CN(C)C(=O)c1ccc(NCCc2ncno2)nc1. The average molecular weight is 261 g/mol. The molecule has 0 spiro atoms. The summed E-state index contributed by atoms with van der Waals surface area (Å²) in [5.74, 6) is 1.21. The van der Waals surface area contributed by atoms with Gasteiger partial charge in [0.05, 0.1) is 5.56 Å². The van der Waals surface area contributed by atoms with Crippen LogP contribution in [0.3, 0.4) is 0 Å². The number of nitrogens with one attached hydrogen (secondary N) is 1. The van der Waals surface area contributed by atoms with E-state index in [4.69, 9.17) is 4.52 Å². The van der Waals surface area contributed by atoms with Gasteiger partial charge in [-0.25, -0.2) is 4.98 Å². The monoisotopic (exact) mass is 261 g/mol. The van der Waals surface area contributed by atoms with Gasteiger partial charge in [-0.2, -0.15) is 4.98 Å². The molecule has 0 bridgehead atoms. The van der Waals surface area contributed by atoms with Gasteiger partial charge in [-0.05, 0) is 12.1 Å². The maximum Gasteiger partial charge on any atom is 0.254 e. The summed E-state index contributed by atoms with van der Waals surface area (Å²) in [5, 5.41) is 6.64. The summed E-state index contributed by atoms with van der Waals surface area (Å²) in [6, 6.07) is 3.51. The van der Waals surface area contributed by atoms with Crippen molar-refractivity contribution in [2.75, 3.05) is 26.0 Å². The van der Waals surface area contributed by atoms with Gasteiger partial charge in [0.2, 0.25) is 5.89 Å². The molecule has 0 unspecified atom stereocenters. The van der Waals surface area contributed by atoms with Crippen molar-refractivity contribution in [3.05, 3.63) is 36.1 Å². The fourth-order valence-corrected chi connectivity index (χ4v) is 1.49. The smallest absolute Gasteiger partial charge is 0.254 e. The Morgan fingerprint density at radius 2 is 2.21 bits per heavy atom. The molecule has 7 nitrogen and oxygen atoms in total. The number of hydrogen-bond donors (Lipinski definition) is 1. The molecule has 2 heterocycles. The van der Waals surface area contributed by atoms with E-state index in [0.29, 0.717) is 30.2 Å². The number of carbonyl (C=O) groups is 1. The van der Waals surface area contributed by atoms with Crippen LogP contribution < -0.4 is 5.32 Å². The van der Waals surface area contributed by atoms with E-state index in [9.17, 15) is 4.79 Å². The van der Waals surface area contributed by atoms with Crippen LogP contribution in [0.1, 0.15) is 16.2 Å². The van der Waals surface area contributed by atoms with Crippen molar-refractivity contribution in [3.63, 3.8) is 0 Å². The second-order valence-corrected chi connectivity index (χ2v) is 4.14. The number of aromatic nitrogens is 3. The van der Waals surface area contributed by atoms with E-state index in [-0.39, 0.29) is 5.91 Å². The molecule has 0 aliphatic rings. The number of nitrogens with zero attached hydrogens (tertiary/aromatic N) is 4. The Kier molecular flexibility index (Phi) is 4.07. The third-order valence-electron chi connectivity index (χ3n) is 2.47. The maximum atomic E-state index is 11.7. The van der Waals surface area contributed by atoms with Crippen LogP contribution in [0.25, 0.3) is 0 Å². The molecule has 0 aliphatic carbocycles. The van der Waals surface area contributed by atoms with Crippen LogP contribution in [0.15, 0.2) is 29.2 Å². The number of amides is 1. The predicted molar refractivity (Wildman–Crippen MR) is 68.7 cm³/mol. The highest BCUT2D eigenvalue weighted by Gasteiger charge is 2.07. The largest absolute Gasteiger partial charge is 0.370 e. The summed E-state index contributed by atoms with van der Waals surface area (Å²) >= 11 is 0. The lowest BCUT2D eigenvalue weighted by molar-refractivity contribution is 0.0827. The number of hydrogen-bond acceptors (Lipinski definition) is 6. The summed E-state index contributed by atoms with van der Waals surface area (Å²) in [6.07, 6.45) is 3.55. The summed E-state index contributed by atoms with van der Waals surface area (Å²) in [6.45, 7) is 0.635. The minimum atomic E-state index is -0.0649. The molecule has 0 fully saturated rings. The number of carbonyl (C=O) groups excluding carboxylic acids is 1. The van der Waals surface area contributed by atoms with Crippen LogP contribution in [0, 0.1) is 0 Å². The molecule has 7 heteroatoms. The summed E-state index contributed by atoms with van der Waals surface area (Å²) in [5.41, 5.74) is 0.562. The first-order valence-corrected chi connectivity index (χ1v) is 5.84. The van der Waals surface area contributed by atoms with Gasteiger partial charge in [0, 0.05) is 33.3 Å². The molecule has 0 saturated heterocycles. The van der Waals surface area contributed by atoms with Gasteiger partial charge >= 0.3 is 0 Å². The summed E-state index contributed by atoms with van der Waals surface area (Å²) in [4.78, 5) is 21.3. The first kappa shape index (κ1) is 13.0. The van der Waals surface area contributed by atoms with Gasteiger partial charge in [0.1, 0.15) is 5.82 Å². The lowest BCUT2D eigenvalue weighted by Crippen LogP contribution is -2.21. The number of rotatable bonds is 5. The topological polar surface area (TPSA) is 84.2 Å². The van der Waals surface area contributed by atoms with Crippen LogP contribution in [-0.2, 0) is 6.42 Å². The quantitative estimate of drug-likeness (QED) is 0.857. The highest BCUT2D eigenvalue weighted by molar-refractivity contribution is 5.93. The van der Waals surface area contributed by atoms with Gasteiger partial charge in [-0.3, -0.25) is 4.79 Å². The highest BCUT2D eigenvalue weighted by Crippen LogP contribution is 2.07. The van der Waals surface area contributed by atoms with Crippen molar-refractivity contribution in [3.8, 4) is 0 Å². The molecular weight excluding hydrogens is 246 g/mol. The Hall–Kier alpha value is -2.44. The van der Waals surface area contributed by atoms with E-state index >= 15 is 0 Å². The Morgan fingerprint density at radius 1 is 1.37 bits per heavy atom. The zero-order valence-corrected chi connectivity index (χ0v) is 10.8. The first-order chi connectivity index (χ1) is 9.16. The zero-order valence-electron chi connectivity index (χ0n) is 10.8. The standard InChI is InChI=1S/C12H15N5O2/c1-17(2)12(18)9-3-4-10(14-7-9)13-6-5-11-15-8-16-19-11/h3-4,7-8H,5-6H2,1-2H3,(H,13,14). The first-order valence-electron chi connectivity index (χ1n) is 5.84. The Bertz CT molecular complexity index is 522. The maximum absolute atomic E-state index is 11.7. The lowest BCUT2D eigenvalue weighted by Gasteiger charge is -2.10. The van der Waals surface area contributed by atoms with Crippen LogP contribution in [0.2, 0.25) is 0 Å². The van der Waals surface area contributed by atoms with Gasteiger partial charge < -0.3 is 14.7 Å². The summed E-state index contributed by atoms with van der Waals surface area (Å²) in [7, 11) is 3.41. The van der Waals surface area contributed by atoms with E-state index in [1.54, 1.807) is 32.4 Å². The van der Waals surface area contributed by atoms with Crippen LogP contribution in [0.5, 0.6) is 0 Å². The molecule has 2 aromatic rings. The number of anilines is 1. The molecule has 1 N–H and O–H groups in total. The van der Waals surface area contributed by atoms with Gasteiger partial charge in [-0.15, -0.1) is 0 Å². The van der Waals surface area contributed by atoms with E-state index in [2.05, 4.69) is 20.4 Å². The minimum absolute atomic E-state index is 0.0649. The Morgan fingerprint density at radius 3 is 2.79 bits per heavy atom. The fourth-order valence-electron chi connectivity index (χ4n) is 1.49. The van der Waals surface area contributed by atoms with Gasteiger partial charge in [-0.1, -0.05) is 5.16 Å². The molecule has 2 aromatic heterocycles. The summed E-state index contributed by atoms with van der Waals surface area (Å²) < 4.78 is 4.88. The molecule has 0 atom stereocenters. The molecule has 2 rings (SSSR count). The molecule has 100 valence electrons. The van der Waals surface area contributed by atoms with E-state index in [1.165, 1.54) is 11.2 Å². The van der Waals surface area contributed by atoms with Crippen molar-refractivity contribution in [2.24, 2.45) is 0 Å². The van der Waals surface area contributed by atoms with Crippen LogP contribution >= 0.6 is 0 Å². The van der Waals surface area contributed by atoms with Crippen molar-refractivity contribution < 1.29 is 9.32 Å². The Balaban J connectivity index is 1.86. The minimum Gasteiger partial charge on any atom is -0.370 e.